The van der Waals surface area contributed by atoms with Crippen molar-refractivity contribution in [3.63, 3.8) is 0 Å². The van der Waals surface area contributed by atoms with Crippen LogP contribution in [0.5, 0.6) is 0 Å². The first-order valence-corrected chi connectivity index (χ1v) is 6.77. The number of nitrogens with one attached hydrogen (secondary N) is 1. The Morgan fingerprint density at radius 2 is 2.25 bits per heavy atom. The molecule has 0 fully saturated rings. The minimum atomic E-state index is -0.211. The van der Waals surface area contributed by atoms with E-state index in [2.05, 4.69) is 29.5 Å². The monoisotopic (exact) mass is 242 g/mol. The number of nitrogens with zero attached hydrogens (tertiary/aromatic N) is 1. The van der Waals surface area contributed by atoms with Gasteiger partial charge in [0, 0.05) is 25.0 Å². The summed E-state index contributed by atoms with van der Waals surface area (Å²) >= 11 is 1.71. The smallest absolute Gasteiger partial charge is 0.125 e. The van der Waals surface area contributed by atoms with Crippen LogP contribution in [-0.4, -0.2) is 25.2 Å². The van der Waals surface area contributed by atoms with E-state index in [1.807, 2.05) is 14.0 Å². The van der Waals surface area contributed by atoms with Gasteiger partial charge >= 0.3 is 0 Å². The summed E-state index contributed by atoms with van der Waals surface area (Å²) in [6.07, 6.45) is 1.94. The lowest BCUT2D eigenvalue weighted by molar-refractivity contribution is -0.0325. The molecule has 1 aromatic rings. The van der Waals surface area contributed by atoms with E-state index >= 15 is 0 Å². The van der Waals surface area contributed by atoms with Gasteiger partial charge < -0.3 is 10.1 Å². The molecule has 0 aromatic carbocycles. The Hall–Kier alpha value is -0.450. The molecule has 3 nitrogen and oxygen atoms in total. The summed E-state index contributed by atoms with van der Waals surface area (Å²) in [6.45, 7) is 8.00. The summed E-state index contributed by atoms with van der Waals surface area (Å²) in [5.41, 5.74) is 0.950. The number of ether oxygens (including phenoxy) is 1. The lowest BCUT2D eigenvalue weighted by Gasteiger charge is -2.25. The van der Waals surface area contributed by atoms with E-state index in [1.54, 1.807) is 11.3 Å². The summed E-state index contributed by atoms with van der Waals surface area (Å²) in [5, 5.41) is 6.38. The summed E-state index contributed by atoms with van der Waals surface area (Å²) in [4.78, 5) is 4.66. The molecule has 1 atom stereocenters. The molecule has 0 aliphatic carbocycles. The number of hydrogen-bond donors (Lipinski definition) is 1. The molecule has 1 rings (SSSR count). The molecule has 0 bridgehead atoms. The lowest BCUT2D eigenvalue weighted by Crippen LogP contribution is -2.25. The Bertz CT molecular complexity index is 314. The average Bonchev–Trinajstić information content (AvgIpc) is 2.75. The summed E-state index contributed by atoms with van der Waals surface area (Å²) in [5.74, 6) is 0. The Labute approximate surface area is 102 Å². The first-order chi connectivity index (χ1) is 7.66. The van der Waals surface area contributed by atoms with Gasteiger partial charge in [0.25, 0.3) is 0 Å². The molecule has 0 saturated heterocycles. The number of rotatable bonds is 7. The number of likely N-dealkylation sites (N-methyl/N-ethyl adjacent to an activating group) is 1. The Balaban J connectivity index is 2.74. The highest BCUT2D eigenvalue weighted by Gasteiger charge is 2.28. The molecule has 0 saturated carbocycles. The third-order valence-electron chi connectivity index (χ3n) is 2.77. The van der Waals surface area contributed by atoms with E-state index in [0.29, 0.717) is 0 Å². The molecule has 0 amide bonds. The van der Waals surface area contributed by atoms with Gasteiger partial charge in [0.2, 0.25) is 0 Å². The van der Waals surface area contributed by atoms with Gasteiger partial charge in [-0.05, 0) is 27.3 Å². The second-order valence-corrected chi connectivity index (χ2v) is 4.87. The molecule has 0 aliphatic heterocycles. The quantitative estimate of drug-likeness (QED) is 0.798. The van der Waals surface area contributed by atoms with E-state index in [0.717, 1.165) is 36.7 Å². The van der Waals surface area contributed by atoms with E-state index in [4.69, 9.17) is 4.74 Å². The third kappa shape index (κ3) is 3.27. The Kier molecular flexibility index (Phi) is 5.38. The summed E-state index contributed by atoms with van der Waals surface area (Å²) < 4.78 is 5.81. The van der Waals surface area contributed by atoms with Crippen molar-refractivity contribution in [2.45, 2.75) is 39.2 Å². The molecule has 16 heavy (non-hydrogen) atoms. The van der Waals surface area contributed by atoms with E-state index in [-0.39, 0.29) is 5.60 Å². The van der Waals surface area contributed by atoms with E-state index in [9.17, 15) is 0 Å². The number of hydrogen-bond acceptors (Lipinski definition) is 4. The molecule has 0 spiro atoms. The fraction of sp³-hybridized carbons (Fsp3) is 0.750. The molecular formula is C12H22N2OS. The van der Waals surface area contributed by atoms with Gasteiger partial charge in [-0.1, -0.05) is 6.92 Å². The topological polar surface area (TPSA) is 34.1 Å². The van der Waals surface area contributed by atoms with Crippen molar-refractivity contribution in [1.29, 1.82) is 0 Å². The van der Waals surface area contributed by atoms with E-state index in [1.165, 1.54) is 0 Å². The van der Waals surface area contributed by atoms with Gasteiger partial charge in [-0.3, -0.25) is 0 Å². The first-order valence-electron chi connectivity index (χ1n) is 5.89. The SMILES string of the molecule is CCOC(C)(CC)c1nc(CCNC)cs1. The third-order valence-corrected chi connectivity index (χ3v) is 3.91. The van der Waals surface area contributed by atoms with Crippen LogP contribution < -0.4 is 5.32 Å². The standard InChI is InChI=1S/C12H22N2OS/c1-5-12(3,15-6-2)11-14-10(9-16-11)7-8-13-4/h9,13H,5-8H2,1-4H3. The van der Waals surface area contributed by atoms with Crippen LogP contribution in [0, 0.1) is 0 Å². The predicted octanol–water partition coefficient (Wildman–Crippen LogP) is 2.57. The van der Waals surface area contributed by atoms with Crippen molar-refractivity contribution in [2.75, 3.05) is 20.2 Å². The van der Waals surface area contributed by atoms with Crippen molar-refractivity contribution < 1.29 is 4.74 Å². The molecule has 4 heteroatoms. The zero-order valence-electron chi connectivity index (χ0n) is 10.7. The summed E-state index contributed by atoms with van der Waals surface area (Å²) in [6, 6.07) is 0. The molecule has 1 N–H and O–H groups in total. The van der Waals surface area contributed by atoms with Gasteiger partial charge in [-0.25, -0.2) is 4.98 Å². The minimum absolute atomic E-state index is 0.211. The second-order valence-electron chi connectivity index (χ2n) is 4.01. The van der Waals surface area contributed by atoms with Crippen molar-refractivity contribution in [1.82, 2.24) is 10.3 Å². The molecule has 1 heterocycles. The van der Waals surface area contributed by atoms with Gasteiger partial charge in [-0.2, -0.15) is 0 Å². The predicted molar refractivity (Wildman–Crippen MR) is 69.0 cm³/mol. The highest BCUT2D eigenvalue weighted by molar-refractivity contribution is 7.09. The number of aromatic nitrogens is 1. The average molecular weight is 242 g/mol. The molecular weight excluding hydrogens is 220 g/mol. The maximum Gasteiger partial charge on any atom is 0.125 e. The van der Waals surface area contributed by atoms with Gasteiger partial charge in [-0.15, -0.1) is 11.3 Å². The van der Waals surface area contributed by atoms with Gasteiger partial charge in [0.1, 0.15) is 10.6 Å². The van der Waals surface area contributed by atoms with E-state index < -0.39 is 0 Å². The van der Waals surface area contributed by atoms with Crippen LogP contribution in [0.3, 0.4) is 0 Å². The van der Waals surface area contributed by atoms with Crippen LogP contribution in [0.4, 0.5) is 0 Å². The van der Waals surface area contributed by atoms with Crippen LogP contribution in [-0.2, 0) is 16.8 Å². The van der Waals surface area contributed by atoms with Crippen LogP contribution in [0.25, 0.3) is 0 Å². The van der Waals surface area contributed by atoms with Gasteiger partial charge in [0.05, 0.1) is 5.69 Å². The fourth-order valence-electron chi connectivity index (χ4n) is 1.55. The van der Waals surface area contributed by atoms with Crippen LogP contribution in [0.15, 0.2) is 5.38 Å². The van der Waals surface area contributed by atoms with Crippen molar-refractivity contribution in [3.8, 4) is 0 Å². The second kappa shape index (κ2) is 6.33. The number of thiazole rings is 1. The minimum Gasteiger partial charge on any atom is -0.368 e. The van der Waals surface area contributed by atoms with Crippen LogP contribution in [0.2, 0.25) is 0 Å². The molecule has 92 valence electrons. The Morgan fingerprint density at radius 1 is 1.50 bits per heavy atom. The normalized spacial score (nSPS) is 15.0. The molecule has 0 aliphatic rings. The maximum atomic E-state index is 5.81. The van der Waals surface area contributed by atoms with Crippen molar-refractivity contribution in [2.24, 2.45) is 0 Å². The lowest BCUT2D eigenvalue weighted by atomic mass is 10.0. The Morgan fingerprint density at radius 3 is 2.81 bits per heavy atom. The highest BCUT2D eigenvalue weighted by atomic mass is 32.1. The highest BCUT2D eigenvalue weighted by Crippen LogP contribution is 2.31. The van der Waals surface area contributed by atoms with Crippen molar-refractivity contribution >= 4 is 11.3 Å². The molecule has 0 radical (unpaired) electrons. The largest absolute Gasteiger partial charge is 0.368 e. The first kappa shape index (κ1) is 13.6. The maximum absolute atomic E-state index is 5.81. The fourth-order valence-corrected chi connectivity index (χ4v) is 2.59. The van der Waals surface area contributed by atoms with Crippen LogP contribution >= 0.6 is 11.3 Å². The van der Waals surface area contributed by atoms with Crippen molar-refractivity contribution in [3.05, 3.63) is 16.1 Å². The summed E-state index contributed by atoms with van der Waals surface area (Å²) in [7, 11) is 1.96. The van der Waals surface area contributed by atoms with Gasteiger partial charge in [0.15, 0.2) is 0 Å². The molecule has 1 aromatic heterocycles. The molecule has 1 unspecified atom stereocenters. The van der Waals surface area contributed by atoms with Crippen LogP contribution in [0.1, 0.15) is 37.9 Å². The zero-order chi connectivity index (χ0) is 12.0. The zero-order valence-corrected chi connectivity index (χ0v) is 11.5.